The van der Waals surface area contributed by atoms with Gasteiger partial charge < -0.3 is 19.5 Å². The number of carbonyl (C=O) groups excluding carboxylic acids is 1. The highest BCUT2D eigenvalue weighted by Crippen LogP contribution is 2.27. The Labute approximate surface area is 167 Å². The van der Waals surface area contributed by atoms with Gasteiger partial charge in [-0.1, -0.05) is 19.3 Å². The molecule has 2 aromatic rings. The fourth-order valence-electron chi connectivity index (χ4n) is 4.22. The Kier molecular flexibility index (Phi) is 6.66. The molecule has 1 N–H and O–H groups in total. The maximum atomic E-state index is 12.9. The molecule has 1 saturated heterocycles. The Bertz CT molecular complexity index is 777. The quantitative estimate of drug-likeness (QED) is 0.866. The summed E-state index contributed by atoms with van der Waals surface area (Å²) in [6.07, 6.45) is 6.62. The predicted octanol–water partition coefficient (Wildman–Crippen LogP) is 3.60. The van der Waals surface area contributed by atoms with E-state index in [1.807, 2.05) is 28.6 Å². The van der Waals surface area contributed by atoms with Crippen molar-refractivity contribution in [1.82, 2.24) is 14.8 Å². The van der Waals surface area contributed by atoms with Gasteiger partial charge in [0.2, 0.25) is 0 Å². The van der Waals surface area contributed by atoms with Gasteiger partial charge in [0, 0.05) is 44.1 Å². The van der Waals surface area contributed by atoms with Crippen LogP contribution < -0.4 is 10.1 Å². The van der Waals surface area contributed by atoms with E-state index in [1.165, 1.54) is 32.1 Å². The van der Waals surface area contributed by atoms with Crippen LogP contribution in [0, 0.1) is 5.92 Å². The molecule has 0 radical (unpaired) electrons. The Balaban J connectivity index is 0.00000210. The van der Waals surface area contributed by atoms with Gasteiger partial charge in [-0.05, 0) is 43.0 Å². The average Bonchev–Trinajstić information content (AvgIpc) is 3.03. The zero-order chi connectivity index (χ0) is 17.9. The summed E-state index contributed by atoms with van der Waals surface area (Å²) in [5.74, 6) is 1.73. The third-order valence-corrected chi connectivity index (χ3v) is 5.85. The molecule has 4 rings (SSSR count). The minimum Gasteiger partial charge on any atom is -0.493 e. The SMILES string of the molecule is Cl.Cn1c(C(=O)N2CCNCC2)cc2cc(OCC3CCCCC3)ccc21. The van der Waals surface area contributed by atoms with Crippen LogP contribution in [0.1, 0.15) is 42.6 Å². The van der Waals surface area contributed by atoms with E-state index in [2.05, 4.69) is 17.4 Å². The number of nitrogens with one attached hydrogen (secondary N) is 1. The van der Waals surface area contributed by atoms with Gasteiger partial charge in [-0.3, -0.25) is 4.79 Å². The number of amides is 1. The molecule has 1 aromatic heterocycles. The molecule has 0 unspecified atom stereocenters. The van der Waals surface area contributed by atoms with Crippen LogP contribution in [0.2, 0.25) is 0 Å². The van der Waals surface area contributed by atoms with Gasteiger partial charge >= 0.3 is 0 Å². The number of aromatic nitrogens is 1. The molecule has 1 aromatic carbocycles. The maximum absolute atomic E-state index is 12.9. The Morgan fingerprint density at radius 1 is 1.15 bits per heavy atom. The molecule has 0 atom stereocenters. The molecule has 1 aliphatic heterocycles. The van der Waals surface area contributed by atoms with Gasteiger partial charge in [0.05, 0.1) is 6.61 Å². The van der Waals surface area contributed by atoms with Gasteiger partial charge in [-0.15, -0.1) is 12.4 Å². The molecular formula is C21H30ClN3O2. The van der Waals surface area contributed by atoms with Crippen molar-refractivity contribution < 1.29 is 9.53 Å². The Morgan fingerprint density at radius 3 is 2.63 bits per heavy atom. The summed E-state index contributed by atoms with van der Waals surface area (Å²) >= 11 is 0. The van der Waals surface area contributed by atoms with Crippen LogP contribution in [0.15, 0.2) is 24.3 Å². The molecule has 0 bridgehead atoms. The summed E-state index contributed by atoms with van der Waals surface area (Å²) in [5, 5.41) is 4.37. The first-order valence-corrected chi connectivity index (χ1v) is 9.94. The lowest BCUT2D eigenvalue weighted by Gasteiger charge is -2.27. The average molecular weight is 392 g/mol. The molecule has 1 amide bonds. The lowest BCUT2D eigenvalue weighted by atomic mass is 9.90. The van der Waals surface area contributed by atoms with Crippen molar-refractivity contribution in [2.45, 2.75) is 32.1 Å². The normalized spacial score (nSPS) is 18.3. The number of piperazine rings is 1. The molecule has 2 aliphatic rings. The van der Waals surface area contributed by atoms with Gasteiger partial charge in [0.25, 0.3) is 5.91 Å². The minimum absolute atomic E-state index is 0. The van der Waals surface area contributed by atoms with E-state index in [1.54, 1.807) is 0 Å². The molecule has 5 nitrogen and oxygen atoms in total. The van der Waals surface area contributed by atoms with Gasteiger partial charge in [0.15, 0.2) is 0 Å². The number of aryl methyl sites for hydroxylation is 1. The summed E-state index contributed by atoms with van der Waals surface area (Å²) < 4.78 is 8.07. The van der Waals surface area contributed by atoms with Crippen molar-refractivity contribution in [1.29, 1.82) is 0 Å². The molecule has 1 aliphatic carbocycles. The number of hydrogen-bond donors (Lipinski definition) is 1. The molecule has 0 spiro atoms. The number of hydrogen-bond acceptors (Lipinski definition) is 3. The second-order valence-electron chi connectivity index (χ2n) is 7.67. The van der Waals surface area contributed by atoms with Gasteiger partial charge in [0.1, 0.15) is 11.4 Å². The second-order valence-corrected chi connectivity index (χ2v) is 7.67. The lowest BCUT2D eigenvalue weighted by molar-refractivity contribution is 0.0726. The van der Waals surface area contributed by atoms with E-state index >= 15 is 0 Å². The van der Waals surface area contributed by atoms with Crippen LogP contribution in [0.3, 0.4) is 0 Å². The van der Waals surface area contributed by atoms with Crippen LogP contribution >= 0.6 is 12.4 Å². The predicted molar refractivity (Wildman–Crippen MR) is 111 cm³/mol. The third-order valence-electron chi connectivity index (χ3n) is 5.85. The van der Waals surface area contributed by atoms with Crippen LogP contribution in [-0.4, -0.2) is 48.2 Å². The van der Waals surface area contributed by atoms with Crippen molar-refractivity contribution >= 4 is 29.2 Å². The number of fused-ring (bicyclic) bond motifs is 1. The first kappa shape index (κ1) is 20.0. The van der Waals surface area contributed by atoms with Crippen LogP contribution in [0.25, 0.3) is 10.9 Å². The van der Waals surface area contributed by atoms with E-state index in [0.717, 1.165) is 55.1 Å². The molecular weight excluding hydrogens is 362 g/mol. The third kappa shape index (κ3) is 4.41. The summed E-state index contributed by atoms with van der Waals surface area (Å²) in [6, 6.07) is 8.18. The zero-order valence-electron chi connectivity index (χ0n) is 16.1. The largest absolute Gasteiger partial charge is 0.493 e. The number of nitrogens with zero attached hydrogens (tertiary/aromatic N) is 2. The summed E-state index contributed by atoms with van der Waals surface area (Å²) in [7, 11) is 1.97. The molecule has 6 heteroatoms. The van der Waals surface area contributed by atoms with Crippen molar-refractivity contribution in [2.75, 3.05) is 32.8 Å². The first-order chi connectivity index (χ1) is 12.7. The van der Waals surface area contributed by atoms with Gasteiger partial charge in [-0.2, -0.15) is 0 Å². The van der Waals surface area contributed by atoms with E-state index in [0.29, 0.717) is 5.92 Å². The van der Waals surface area contributed by atoms with Crippen LogP contribution in [0.5, 0.6) is 5.75 Å². The highest BCUT2D eigenvalue weighted by Gasteiger charge is 2.22. The lowest BCUT2D eigenvalue weighted by Crippen LogP contribution is -2.46. The van der Waals surface area contributed by atoms with Crippen molar-refractivity contribution in [3.05, 3.63) is 30.0 Å². The van der Waals surface area contributed by atoms with Crippen molar-refractivity contribution in [3.63, 3.8) is 0 Å². The van der Waals surface area contributed by atoms with Crippen molar-refractivity contribution in [3.8, 4) is 5.75 Å². The molecule has 1 saturated carbocycles. The first-order valence-electron chi connectivity index (χ1n) is 9.94. The fraction of sp³-hybridized carbons (Fsp3) is 0.571. The number of carbonyl (C=O) groups is 1. The molecule has 2 fully saturated rings. The van der Waals surface area contributed by atoms with E-state index < -0.39 is 0 Å². The monoisotopic (exact) mass is 391 g/mol. The smallest absolute Gasteiger partial charge is 0.270 e. The Morgan fingerprint density at radius 2 is 1.89 bits per heavy atom. The molecule has 148 valence electrons. The van der Waals surface area contributed by atoms with E-state index in [4.69, 9.17) is 4.74 Å². The molecule has 27 heavy (non-hydrogen) atoms. The number of rotatable bonds is 4. The van der Waals surface area contributed by atoms with Crippen molar-refractivity contribution in [2.24, 2.45) is 13.0 Å². The minimum atomic E-state index is 0. The van der Waals surface area contributed by atoms with Crippen LogP contribution in [-0.2, 0) is 7.05 Å². The topological polar surface area (TPSA) is 46.5 Å². The maximum Gasteiger partial charge on any atom is 0.270 e. The number of ether oxygens (including phenoxy) is 1. The Hall–Kier alpha value is -1.72. The van der Waals surface area contributed by atoms with E-state index in [9.17, 15) is 4.79 Å². The highest BCUT2D eigenvalue weighted by molar-refractivity contribution is 5.99. The number of halogens is 1. The summed E-state index contributed by atoms with van der Waals surface area (Å²) in [6.45, 7) is 4.10. The second kappa shape index (κ2) is 8.98. The zero-order valence-corrected chi connectivity index (χ0v) is 16.9. The number of benzene rings is 1. The van der Waals surface area contributed by atoms with Gasteiger partial charge in [-0.25, -0.2) is 0 Å². The highest BCUT2D eigenvalue weighted by atomic mass is 35.5. The molecule has 2 heterocycles. The summed E-state index contributed by atoms with van der Waals surface area (Å²) in [4.78, 5) is 14.8. The standard InChI is InChI=1S/C21H29N3O2.ClH/c1-23-19-8-7-18(26-15-16-5-3-2-4-6-16)13-17(19)14-20(23)21(25)24-11-9-22-10-12-24;/h7-8,13-14,16,22H,2-6,9-12,15H2,1H3;1H. The van der Waals surface area contributed by atoms with Crippen LogP contribution in [0.4, 0.5) is 0 Å². The fourth-order valence-corrected chi connectivity index (χ4v) is 4.22. The summed E-state index contributed by atoms with van der Waals surface area (Å²) in [5.41, 5.74) is 1.83. The van der Waals surface area contributed by atoms with E-state index in [-0.39, 0.29) is 18.3 Å².